The standard InChI is InChI=1S/C19H27N3O4/c1-2-16(12-18(24)25)21-19(26)15-4-3-11-22(13-15)17(23)6-5-14-7-9-20-10-8-14/h1,5-6,14-16,20H,3-4,7-13H2,(H,21,26)(H,24,25)/b6-5+/t15-,16?/m1/s1. The Balaban J connectivity index is 1.86. The lowest BCUT2D eigenvalue weighted by Crippen LogP contribution is -2.47. The highest BCUT2D eigenvalue weighted by atomic mass is 16.4. The third kappa shape index (κ3) is 6.19. The number of nitrogens with one attached hydrogen (secondary N) is 2. The second-order valence-corrected chi connectivity index (χ2v) is 6.90. The minimum Gasteiger partial charge on any atom is -0.481 e. The van der Waals surface area contributed by atoms with Crippen LogP contribution in [-0.2, 0) is 14.4 Å². The molecule has 26 heavy (non-hydrogen) atoms. The summed E-state index contributed by atoms with van der Waals surface area (Å²) in [5, 5.41) is 14.7. The van der Waals surface area contributed by atoms with Crippen LogP contribution in [0.1, 0.15) is 32.1 Å². The van der Waals surface area contributed by atoms with Gasteiger partial charge in [-0.05, 0) is 50.8 Å². The molecule has 7 heteroatoms. The summed E-state index contributed by atoms with van der Waals surface area (Å²) in [5.41, 5.74) is 0. The fourth-order valence-electron chi connectivity index (χ4n) is 3.37. The number of allylic oxidation sites excluding steroid dienone is 1. The summed E-state index contributed by atoms with van der Waals surface area (Å²) in [6.45, 7) is 2.92. The average Bonchev–Trinajstić information content (AvgIpc) is 2.66. The number of carboxylic acid groups (broad SMARTS) is 1. The average molecular weight is 361 g/mol. The molecule has 0 radical (unpaired) electrons. The SMILES string of the molecule is C#CC(CC(=O)O)NC(=O)[C@@H]1CCCN(C(=O)/C=C/C2CCNCC2)C1. The largest absolute Gasteiger partial charge is 0.481 e. The topological polar surface area (TPSA) is 98.7 Å². The Kier molecular flexibility index (Phi) is 7.67. The highest BCUT2D eigenvalue weighted by molar-refractivity contribution is 5.88. The zero-order chi connectivity index (χ0) is 18.9. The van der Waals surface area contributed by atoms with Crippen molar-refractivity contribution in [2.24, 2.45) is 11.8 Å². The number of hydrogen-bond acceptors (Lipinski definition) is 4. The molecule has 2 fully saturated rings. The van der Waals surface area contributed by atoms with Gasteiger partial charge >= 0.3 is 5.97 Å². The Morgan fingerprint density at radius 2 is 2.04 bits per heavy atom. The molecule has 0 spiro atoms. The van der Waals surface area contributed by atoms with E-state index in [4.69, 9.17) is 11.5 Å². The van der Waals surface area contributed by atoms with E-state index in [0.29, 0.717) is 25.4 Å². The zero-order valence-electron chi connectivity index (χ0n) is 14.9. The Bertz CT molecular complexity index is 590. The number of piperidine rings is 2. The third-order valence-electron chi connectivity index (χ3n) is 4.90. The van der Waals surface area contributed by atoms with E-state index in [0.717, 1.165) is 32.4 Å². The third-order valence-corrected chi connectivity index (χ3v) is 4.90. The molecule has 142 valence electrons. The van der Waals surface area contributed by atoms with E-state index in [1.807, 2.05) is 6.08 Å². The van der Waals surface area contributed by atoms with Gasteiger partial charge in [0.05, 0.1) is 12.3 Å². The van der Waals surface area contributed by atoms with Gasteiger partial charge in [0.1, 0.15) is 6.04 Å². The van der Waals surface area contributed by atoms with Crippen LogP contribution in [0.25, 0.3) is 0 Å². The quantitative estimate of drug-likeness (QED) is 0.469. The number of aliphatic carboxylic acids is 1. The first-order valence-electron chi connectivity index (χ1n) is 9.15. The Morgan fingerprint density at radius 1 is 1.31 bits per heavy atom. The van der Waals surface area contributed by atoms with Crippen LogP contribution in [0, 0.1) is 24.2 Å². The number of carbonyl (C=O) groups is 3. The molecular weight excluding hydrogens is 334 g/mol. The fraction of sp³-hybridized carbons (Fsp3) is 0.632. The van der Waals surface area contributed by atoms with Crippen molar-refractivity contribution in [3.8, 4) is 12.3 Å². The molecule has 0 aromatic rings. The number of nitrogens with zero attached hydrogens (tertiary/aromatic N) is 1. The Labute approximate surface area is 154 Å². The summed E-state index contributed by atoms with van der Waals surface area (Å²) >= 11 is 0. The van der Waals surface area contributed by atoms with Crippen LogP contribution in [0.4, 0.5) is 0 Å². The number of carboxylic acids is 1. The van der Waals surface area contributed by atoms with Crippen LogP contribution in [0.15, 0.2) is 12.2 Å². The molecule has 2 heterocycles. The summed E-state index contributed by atoms with van der Waals surface area (Å²) in [5.74, 6) is 0.944. The van der Waals surface area contributed by atoms with E-state index >= 15 is 0 Å². The van der Waals surface area contributed by atoms with Crippen LogP contribution >= 0.6 is 0 Å². The van der Waals surface area contributed by atoms with Crippen molar-refractivity contribution in [1.29, 1.82) is 0 Å². The molecule has 0 bridgehead atoms. The van der Waals surface area contributed by atoms with Gasteiger partial charge in [0.15, 0.2) is 0 Å². The summed E-state index contributed by atoms with van der Waals surface area (Å²) in [6, 6.07) is -0.828. The van der Waals surface area contributed by atoms with Crippen molar-refractivity contribution >= 4 is 17.8 Å². The highest BCUT2D eigenvalue weighted by Crippen LogP contribution is 2.18. The minimum atomic E-state index is -1.06. The second-order valence-electron chi connectivity index (χ2n) is 6.90. The maximum atomic E-state index is 12.4. The Hall–Kier alpha value is -2.33. The lowest BCUT2D eigenvalue weighted by Gasteiger charge is -2.32. The van der Waals surface area contributed by atoms with Crippen molar-refractivity contribution in [2.45, 2.75) is 38.1 Å². The van der Waals surface area contributed by atoms with Crippen LogP contribution in [0.2, 0.25) is 0 Å². The first-order valence-corrected chi connectivity index (χ1v) is 9.15. The van der Waals surface area contributed by atoms with Crippen molar-refractivity contribution in [1.82, 2.24) is 15.5 Å². The molecule has 7 nitrogen and oxygen atoms in total. The predicted molar refractivity (Wildman–Crippen MR) is 97.1 cm³/mol. The van der Waals surface area contributed by atoms with Gasteiger partial charge in [-0.25, -0.2) is 0 Å². The van der Waals surface area contributed by atoms with Gasteiger partial charge in [-0.15, -0.1) is 6.42 Å². The van der Waals surface area contributed by atoms with E-state index < -0.39 is 12.0 Å². The lowest BCUT2D eigenvalue weighted by atomic mass is 9.95. The van der Waals surface area contributed by atoms with Gasteiger partial charge in [-0.1, -0.05) is 12.0 Å². The number of likely N-dealkylation sites (tertiary alicyclic amines) is 1. The van der Waals surface area contributed by atoms with E-state index in [-0.39, 0.29) is 24.2 Å². The number of hydrogen-bond donors (Lipinski definition) is 3. The molecule has 1 unspecified atom stereocenters. The first kappa shape index (κ1) is 20.0. The summed E-state index contributed by atoms with van der Waals surface area (Å²) in [7, 11) is 0. The number of terminal acetylenes is 1. The summed E-state index contributed by atoms with van der Waals surface area (Å²) < 4.78 is 0. The van der Waals surface area contributed by atoms with Gasteiger partial charge in [0, 0.05) is 13.1 Å². The van der Waals surface area contributed by atoms with Gasteiger partial charge < -0.3 is 20.6 Å². The van der Waals surface area contributed by atoms with E-state index in [2.05, 4.69) is 16.6 Å². The number of amides is 2. The fourth-order valence-corrected chi connectivity index (χ4v) is 3.37. The highest BCUT2D eigenvalue weighted by Gasteiger charge is 2.29. The number of rotatable bonds is 6. The van der Waals surface area contributed by atoms with Crippen molar-refractivity contribution in [3.63, 3.8) is 0 Å². The van der Waals surface area contributed by atoms with Gasteiger partial charge in [-0.3, -0.25) is 14.4 Å². The molecular formula is C19H27N3O4. The van der Waals surface area contributed by atoms with Crippen molar-refractivity contribution < 1.29 is 19.5 Å². The molecule has 2 saturated heterocycles. The molecule has 3 N–H and O–H groups in total. The van der Waals surface area contributed by atoms with E-state index in [1.54, 1.807) is 11.0 Å². The number of carbonyl (C=O) groups excluding carboxylic acids is 2. The molecule has 0 aliphatic carbocycles. The molecule has 0 aromatic heterocycles. The van der Waals surface area contributed by atoms with E-state index in [9.17, 15) is 14.4 Å². The van der Waals surface area contributed by atoms with Crippen LogP contribution in [-0.4, -0.2) is 60.0 Å². The minimum absolute atomic E-state index is 0.0694. The van der Waals surface area contributed by atoms with Crippen LogP contribution in [0.3, 0.4) is 0 Å². The van der Waals surface area contributed by atoms with Crippen LogP contribution < -0.4 is 10.6 Å². The normalized spacial score (nSPS) is 22.6. The molecule has 0 aromatic carbocycles. The van der Waals surface area contributed by atoms with Gasteiger partial charge in [0.25, 0.3) is 0 Å². The molecule has 2 aliphatic heterocycles. The smallest absolute Gasteiger partial charge is 0.306 e. The van der Waals surface area contributed by atoms with E-state index in [1.165, 1.54) is 0 Å². The maximum absolute atomic E-state index is 12.4. The lowest BCUT2D eigenvalue weighted by molar-refractivity contribution is -0.137. The van der Waals surface area contributed by atoms with Crippen LogP contribution in [0.5, 0.6) is 0 Å². The van der Waals surface area contributed by atoms with Crippen molar-refractivity contribution in [2.75, 3.05) is 26.2 Å². The molecule has 2 atom stereocenters. The summed E-state index contributed by atoms with van der Waals surface area (Å²) in [6.07, 6.45) is 12.1. The van der Waals surface area contributed by atoms with Gasteiger partial charge in [0.2, 0.25) is 11.8 Å². The zero-order valence-corrected chi connectivity index (χ0v) is 14.9. The Morgan fingerprint density at radius 3 is 2.69 bits per heavy atom. The molecule has 2 amide bonds. The second kappa shape index (κ2) is 9.97. The first-order chi connectivity index (χ1) is 12.5. The monoisotopic (exact) mass is 361 g/mol. The summed E-state index contributed by atoms with van der Waals surface area (Å²) in [4.78, 5) is 37.2. The van der Waals surface area contributed by atoms with Crippen molar-refractivity contribution in [3.05, 3.63) is 12.2 Å². The molecule has 0 saturated carbocycles. The predicted octanol–water partition coefficient (Wildman–Crippen LogP) is 0.374. The maximum Gasteiger partial charge on any atom is 0.306 e. The van der Waals surface area contributed by atoms with Gasteiger partial charge in [-0.2, -0.15) is 0 Å². The molecule has 2 aliphatic rings. The molecule has 2 rings (SSSR count).